The molecule has 27 heavy (non-hydrogen) atoms. The van der Waals surface area contributed by atoms with Crippen molar-refractivity contribution in [3.05, 3.63) is 29.3 Å². The molecule has 1 aromatic carbocycles. The largest absolute Gasteiger partial charge is 0.392 e. The summed E-state index contributed by atoms with van der Waals surface area (Å²) in [6.45, 7) is 3.10. The van der Waals surface area contributed by atoms with Crippen LogP contribution in [0, 0.1) is 0 Å². The van der Waals surface area contributed by atoms with Gasteiger partial charge in [0.05, 0.1) is 18.7 Å². The highest BCUT2D eigenvalue weighted by Crippen LogP contribution is 2.20. The topological polar surface area (TPSA) is 84.9 Å². The molecule has 0 spiro atoms. The van der Waals surface area contributed by atoms with Crippen molar-refractivity contribution in [3.8, 4) is 0 Å². The van der Waals surface area contributed by atoms with Gasteiger partial charge in [0.1, 0.15) is 0 Å². The third kappa shape index (κ3) is 6.40. The summed E-state index contributed by atoms with van der Waals surface area (Å²) >= 11 is 6.02. The summed E-state index contributed by atoms with van der Waals surface area (Å²) in [5.74, 6) is -0.319. The number of benzene rings is 1. The Morgan fingerprint density at radius 3 is 2.52 bits per heavy atom. The molecule has 2 aliphatic heterocycles. The van der Waals surface area contributed by atoms with Crippen molar-refractivity contribution in [2.75, 3.05) is 44.2 Å². The number of hydrogen-bond donors (Lipinski definition) is 3. The average Bonchev–Trinajstić information content (AvgIpc) is 3.06. The number of carbonyl (C=O) groups is 2. The highest BCUT2D eigenvalue weighted by atomic mass is 35.5. The number of rotatable bonds is 4. The zero-order valence-electron chi connectivity index (χ0n) is 14.8. The Balaban J connectivity index is 0.00000182. The van der Waals surface area contributed by atoms with E-state index in [2.05, 4.69) is 15.5 Å². The molecule has 1 aromatic rings. The van der Waals surface area contributed by atoms with Crippen molar-refractivity contribution >= 4 is 53.9 Å². The van der Waals surface area contributed by atoms with Gasteiger partial charge in [-0.15, -0.1) is 24.8 Å². The van der Waals surface area contributed by atoms with Crippen LogP contribution in [0.15, 0.2) is 24.3 Å². The van der Waals surface area contributed by atoms with Crippen LogP contribution in [-0.2, 0) is 9.59 Å². The number of hydrogen-bond acceptors (Lipinski definition) is 5. The van der Waals surface area contributed by atoms with E-state index in [1.807, 2.05) is 24.3 Å². The summed E-state index contributed by atoms with van der Waals surface area (Å²) in [4.78, 5) is 28.2. The van der Waals surface area contributed by atoms with E-state index in [1.165, 1.54) is 0 Å². The second-order valence-electron chi connectivity index (χ2n) is 6.42. The first-order valence-electron chi connectivity index (χ1n) is 8.50. The first kappa shape index (κ1) is 23.8. The summed E-state index contributed by atoms with van der Waals surface area (Å²) in [6.07, 6.45) is -0.107. The van der Waals surface area contributed by atoms with E-state index in [-0.39, 0.29) is 43.2 Å². The van der Waals surface area contributed by atoms with E-state index in [0.29, 0.717) is 31.1 Å². The van der Waals surface area contributed by atoms with Crippen LogP contribution in [0.3, 0.4) is 0 Å². The maximum Gasteiger partial charge on any atom is 0.242 e. The van der Waals surface area contributed by atoms with Crippen LogP contribution in [0.1, 0.15) is 6.42 Å². The number of nitrogens with zero attached hydrogens (tertiary/aromatic N) is 2. The average molecular weight is 440 g/mol. The lowest BCUT2D eigenvalue weighted by molar-refractivity contribution is -0.133. The Hall–Kier alpha value is -1.25. The van der Waals surface area contributed by atoms with Crippen LogP contribution in [0.4, 0.5) is 5.69 Å². The zero-order chi connectivity index (χ0) is 17.8. The Bertz CT molecular complexity index is 642. The molecule has 3 N–H and O–H groups in total. The van der Waals surface area contributed by atoms with Crippen LogP contribution in [0.25, 0.3) is 0 Å². The third-order valence-corrected chi connectivity index (χ3v) is 4.88. The molecule has 2 amide bonds. The summed E-state index contributed by atoms with van der Waals surface area (Å²) in [5.41, 5.74) is 1.05. The predicted octanol–water partition coefficient (Wildman–Crippen LogP) is 0.671. The third-order valence-electron chi connectivity index (χ3n) is 4.64. The first-order chi connectivity index (χ1) is 12.0. The van der Waals surface area contributed by atoms with Gasteiger partial charge in [-0.3, -0.25) is 9.59 Å². The quantitative estimate of drug-likeness (QED) is 0.642. The fraction of sp³-hybridized carbons (Fsp3) is 0.529. The number of carbonyl (C=O) groups excluding carboxylic acids is 2. The van der Waals surface area contributed by atoms with Gasteiger partial charge in [0.15, 0.2) is 0 Å². The minimum Gasteiger partial charge on any atom is -0.392 e. The van der Waals surface area contributed by atoms with Gasteiger partial charge in [-0.1, -0.05) is 17.7 Å². The summed E-state index contributed by atoms with van der Waals surface area (Å²) < 4.78 is 0. The van der Waals surface area contributed by atoms with Crippen molar-refractivity contribution in [1.82, 2.24) is 15.5 Å². The lowest BCUT2D eigenvalue weighted by Gasteiger charge is -2.36. The molecule has 0 aliphatic carbocycles. The van der Waals surface area contributed by atoms with E-state index in [9.17, 15) is 14.7 Å². The number of aliphatic hydroxyl groups is 1. The molecule has 3 rings (SSSR count). The van der Waals surface area contributed by atoms with Gasteiger partial charge in [0.2, 0.25) is 11.8 Å². The van der Waals surface area contributed by atoms with Gasteiger partial charge in [0, 0.05) is 43.4 Å². The second kappa shape index (κ2) is 10.9. The highest BCUT2D eigenvalue weighted by Gasteiger charge is 2.29. The Kier molecular flexibility index (Phi) is 9.62. The van der Waals surface area contributed by atoms with E-state index >= 15 is 0 Å². The monoisotopic (exact) mass is 438 g/mol. The minimum atomic E-state index is -0.494. The molecule has 2 aliphatic rings. The lowest BCUT2D eigenvalue weighted by Crippen LogP contribution is -2.52. The van der Waals surface area contributed by atoms with Gasteiger partial charge in [-0.05, 0) is 24.6 Å². The first-order valence-corrected chi connectivity index (χ1v) is 8.88. The molecular formula is C17H25Cl3N4O3. The van der Waals surface area contributed by atoms with Gasteiger partial charge in [-0.25, -0.2) is 0 Å². The molecule has 7 nitrogen and oxygen atoms in total. The van der Waals surface area contributed by atoms with E-state index in [1.54, 1.807) is 4.90 Å². The van der Waals surface area contributed by atoms with Crippen molar-refractivity contribution in [1.29, 1.82) is 0 Å². The van der Waals surface area contributed by atoms with Crippen molar-refractivity contribution in [3.63, 3.8) is 0 Å². The van der Waals surface area contributed by atoms with E-state index < -0.39 is 12.1 Å². The number of halogens is 3. The molecule has 152 valence electrons. The Labute approximate surface area is 176 Å². The maximum absolute atomic E-state index is 12.3. The van der Waals surface area contributed by atoms with Crippen LogP contribution in [0.5, 0.6) is 0 Å². The number of aliphatic hydroxyl groups excluding tert-OH is 1. The van der Waals surface area contributed by atoms with E-state index in [0.717, 1.165) is 18.8 Å². The smallest absolute Gasteiger partial charge is 0.242 e. The predicted molar refractivity (Wildman–Crippen MR) is 110 cm³/mol. The molecule has 0 saturated carbocycles. The van der Waals surface area contributed by atoms with Crippen molar-refractivity contribution < 1.29 is 14.7 Å². The minimum absolute atomic E-state index is 0. The van der Waals surface area contributed by atoms with Crippen LogP contribution >= 0.6 is 36.4 Å². The maximum atomic E-state index is 12.3. The number of nitrogens with one attached hydrogen (secondary N) is 2. The highest BCUT2D eigenvalue weighted by molar-refractivity contribution is 6.30. The molecule has 0 aromatic heterocycles. The molecule has 10 heteroatoms. The molecule has 2 heterocycles. The van der Waals surface area contributed by atoms with Gasteiger partial charge >= 0.3 is 0 Å². The molecule has 2 fully saturated rings. The van der Waals surface area contributed by atoms with Gasteiger partial charge in [0.25, 0.3) is 0 Å². The van der Waals surface area contributed by atoms with Gasteiger partial charge < -0.3 is 25.5 Å². The molecule has 2 saturated heterocycles. The van der Waals surface area contributed by atoms with Crippen molar-refractivity contribution in [2.45, 2.75) is 18.6 Å². The Morgan fingerprint density at radius 1 is 1.22 bits per heavy atom. The van der Waals surface area contributed by atoms with Gasteiger partial charge in [-0.2, -0.15) is 0 Å². The zero-order valence-corrected chi connectivity index (χ0v) is 17.2. The summed E-state index contributed by atoms with van der Waals surface area (Å²) in [6, 6.07) is 7.27. The lowest BCUT2D eigenvalue weighted by atomic mass is 10.2. The number of anilines is 1. The molecule has 2 atom stereocenters. The summed E-state index contributed by atoms with van der Waals surface area (Å²) in [5, 5.41) is 15.7. The fourth-order valence-electron chi connectivity index (χ4n) is 3.20. The standard InChI is InChI=1S/C17H23ClN4O3.2ClH/c18-12-2-1-3-13(8-12)21-4-6-22(7-5-21)16(24)11-20-17(25)15-9-14(23)10-19-15;;/h1-3,8,14-15,19,23H,4-7,9-11H2,(H,20,25);2*1H. The van der Waals surface area contributed by atoms with Crippen molar-refractivity contribution in [2.24, 2.45) is 0 Å². The fourth-order valence-corrected chi connectivity index (χ4v) is 3.39. The normalized spacial score (nSPS) is 21.9. The molecular weight excluding hydrogens is 415 g/mol. The molecule has 0 bridgehead atoms. The van der Waals surface area contributed by atoms with E-state index in [4.69, 9.17) is 11.6 Å². The number of β-amino-alcohol motifs (C(OH)–C–C–N with tert-alkyl or cyclic N) is 1. The number of amides is 2. The Morgan fingerprint density at radius 2 is 1.93 bits per heavy atom. The summed E-state index contributed by atoms with van der Waals surface area (Å²) in [7, 11) is 0. The number of piperazine rings is 1. The second-order valence-corrected chi connectivity index (χ2v) is 6.85. The van der Waals surface area contributed by atoms with Crippen LogP contribution in [-0.4, -0.2) is 73.2 Å². The SMILES string of the molecule is Cl.Cl.O=C(NCC(=O)N1CCN(c2cccc(Cl)c2)CC1)C1CC(O)CN1. The van der Waals surface area contributed by atoms with Crippen LogP contribution in [0.2, 0.25) is 5.02 Å². The van der Waals surface area contributed by atoms with Crippen LogP contribution < -0.4 is 15.5 Å². The molecule has 0 radical (unpaired) electrons. The molecule has 2 unspecified atom stereocenters.